The minimum absolute atomic E-state index is 0.0972. The van der Waals surface area contributed by atoms with Gasteiger partial charge < -0.3 is 5.32 Å². The van der Waals surface area contributed by atoms with Crippen molar-refractivity contribution in [2.24, 2.45) is 0 Å². The highest BCUT2D eigenvalue weighted by molar-refractivity contribution is 6.09. The number of hydrogen-bond acceptors (Lipinski definition) is 4. The molecule has 1 amide bonds. The van der Waals surface area contributed by atoms with Gasteiger partial charge in [-0.15, -0.1) is 0 Å². The van der Waals surface area contributed by atoms with E-state index in [1.54, 1.807) is 19.1 Å². The molecule has 120 valence electrons. The van der Waals surface area contributed by atoms with Crippen LogP contribution < -0.4 is 5.32 Å². The lowest BCUT2D eigenvalue weighted by Crippen LogP contribution is -2.13. The summed E-state index contributed by atoms with van der Waals surface area (Å²) in [5.41, 5.74) is 0.847. The number of carbonyl (C=O) groups is 1. The largest absolute Gasteiger partial charge is 0.321 e. The third-order valence-electron chi connectivity index (χ3n) is 3.21. The van der Waals surface area contributed by atoms with Gasteiger partial charge in [0.05, 0.1) is 4.92 Å². The molecule has 0 heterocycles. The van der Waals surface area contributed by atoms with Crippen LogP contribution in [0.2, 0.25) is 0 Å². The van der Waals surface area contributed by atoms with Gasteiger partial charge in [0, 0.05) is 17.3 Å². The number of anilines is 1. The Bertz CT molecular complexity index is 868. The lowest BCUT2D eigenvalue weighted by Gasteiger charge is -2.04. The van der Waals surface area contributed by atoms with Crippen LogP contribution in [0.1, 0.15) is 11.1 Å². The maximum atomic E-state index is 12.8. The molecule has 2 aromatic rings. The number of hydrogen-bond donors (Lipinski definition) is 1. The fourth-order valence-electron chi connectivity index (χ4n) is 1.96. The molecule has 0 radical (unpaired) electrons. The predicted octanol–water partition coefficient (Wildman–Crippen LogP) is 3.59. The molecular formula is C17H12FN3O3. The molecular weight excluding hydrogens is 313 g/mol. The molecule has 0 saturated heterocycles. The first-order valence-corrected chi connectivity index (χ1v) is 6.84. The molecule has 0 unspecified atom stereocenters. The zero-order valence-electron chi connectivity index (χ0n) is 12.6. The van der Waals surface area contributed by atoms with Gasteiger partial charge >= 0.3 is 0 Å². The fraction of sp³-hybridized carbons (Fsp3) is 0.0588. The summed E-state index contributed by atoms with van der Waals surface area (Å²) in [4.78, 5) is 22.5. The third-order valence-corrected chi connectivity index (χ3v) is 3.21. The Labute approximate surface area is 137 Å². The summed E-state index contributed by atoms with van der Waals surface area (Å²) in [5, 5.41) is 22.5. The molecule has 6 nitrogen and oxygen atoms in total. The van der Waals surface area contributed by atoms with E-state index < -0.39 is 16.6 Å². The Kier molecular flexibility index (Phi) is 5.02. The Morgan fingerprint density at radius 1 is 1.29 bits per heavy atom. The highest BCUT2D eigenvalue weighted by Crippen LogP contribution is 2.21. The third kappa shape index (κ3) is 4.01. The molecule has 0 aliphatic heterocycles. The molecule has 1 N–H and O–H groups in total. The number of nitriles is 1. The van der Waals surface area contributed by atoms with Crippen LogP contribution in [-0.4, -0.2) is 10.8 Å². The van der Waals surface area contributed by atoms with Crippen molar-refractivity contribution < 1.29 is 14.1 Å². The summed E-state index contributed by atoms with van der Waals surface area (Å²) < 4.78 is 12.8. The number of nitro groups is 1. The van der Waals surface area contributed by atoms with E-state index in [4.69, 9.17) is 5.26 Å². The normalized spacial score (nSPS) is 10.8. The van der Waals surface area contributed by atoms with Crippen molar-refractivity contribution in [3.05, 3.63) is 75.1 Å². The van der Waals surface area contributed by atoms with Gasteiger partial charge in [-0.05, 0) is 42.8 Å². The number of rotatable bonds is 4. The molecule has 0 bridgehead atoms. The van der Waals surface area contributed by atoms with E-state index in [-0.39, 0.29) is 11.3 Å². The van der Waals surface area contributed by atoms with E-state index in [9.17, 15) is 19.3 Å². The number of benzene rings is 2. The number of nitrogens with zero attached hydrogens (tertiary/aromatic N) is 2. The number of halogens is 1. The lowest BCUT2D eigenvalue weighted by atomic mass is 10.1. The van der Waals surface area contributed by atoms with Crippen LogP contribution in [-0.2, 0) is 4.79 Å². The van der Waals surface area contributed by atoms with Crippen molar-refractivity contribution in [3.63, 3.8) is 0 Å². The number of nitro benzene ring substituents is 1. The van der Waals surface area contributed by atoms with Crippen molar-refractivity contribution in [2.75, 3.05) is 5.32 Å². The van der Waals surface area contributed by atoms with Gasteiger partial charge in [0.25, 0.3) is 11.6 Å². The van der Waals surface area contributed by atoms with Gasteiger partial charge in [-0.1, -0.05) is 12.1 Å². The second kappa shape index (κ2) is 7.15. The topological polar surface area (TPSA) is 96.0 Å². The van der Waals surface area contributed by atoms with Crippen molar-refractivity contribution in [3.8, 4) is 6.07 Å². The Morgan fingerprint density at radius 3 is 2.54 bits per heavy atom. The molecule has 0 aliphatic carbocycles. The van der Waals surface area contributed by atoms with Crippen LogP contribution in [0.5, 0.6) is 0 Å². The maximum absolute atomic E-state index is 12.8. The molecule has 0 aromatic heterocycles. The lowest BCUT2D eigenvalue weighted by molar-refractivity contribution is -0.385. The summed E-state index contributed by atoms with van der Waals surface area (Å²) in [5.74, 6) is -1.14. The minimum Gasteiger partial charge on any atom is -0.321 e. The summed E-state index contributed by atoms with van der Waals surface area (Å²) in [6.45, 7) is 1.60. The minimum atomic E-state index is -0.688. The van der Waals surface area contributed by atoms with Crippen molar-refractivity contribution in [2.45, 2.75) is 6.92 Å². The van der Waals surface area contributed by atoms with Gasteiger partial charge in [-0.3, -0.25) is 14.9 Å². The maximum Gasteiger partial charge on any atom is 0.272 e. The average molecular weight is 325 g/mol. The van der Waals surface area contributed by atoms with Crippen LogP contribution >= 0.6 is 0 Å². The zero-order chi connectivity index (χ0) is 17.7. The molecule has 2 aromatic carbocycles. The smallest absolute Gasteiger partial charge is 0.272 e. The van der Waals surface area contributed by atoms with Gasteiger partial charge in [0.2, 0.25) is 0 Å². The SMILES string of the molecule is Cc1ccc(/C=C(\C#N)C(=O)Nc2ccc(F)cc2)cc1[N+](=O)[O-]. The van der Waals surface area contributed by atoms with E-state index in [1.807, 2.05) is 0 Å². The van der Waals surface area contributed by atoms with Gasteiger partial charge in [-0.2, -0.15) is 5.26 Å². The Balaban J connectivity index is 2.27. The van der Waals surface area contributed by atoms with Crippen molar-refractivity contribution in [1.29, 1.82) is 5.26 Å². The van der Waals surface area contributed by atoms with Gasteiger partial charge in [-0.25, -0.2) is 4.39 Å². The quantitative estimate of drug-likeness (QED) is 0.402. The number of aryl methyl sites for hydroxylation is 1. The number of nitrogens with one attached hydrogen (secondary N) is 1. The Hall–Kier alpha value is -3.53. The van der Waals surface area contributed by atoms with Crippen LogP contribution in [0.15, 0.2) is 48.0 Å². The molecule has 0 atom stereocenters. The van der Waals surface area contributed by atoms with Crippen molar-refractivity contribution >= 4 is 23.4 Å². The number of carbonyl (C=O) groups excluding carboxylic acids is 1. The Morgan fingerprint density at radius 2 is 1.96 bits per heavy atom. The monoisotopic (exact) mass is 325 g/mol. The first kappa shape index (κ1) is 16.8. The molecule has 0 spiro atoms. The highest BCUT2D eigenvalue weighted by Gasteiger charge is 2.13. The molecule has 7 heteroatoms. The first-order chi connectivity index (χ1) is 11.4. The highest BCUT2D eigenvalue weighted by atomic mass is 19.1. The molecule has 0 fully saturated rings. The summed E-state index contributed by atoms with van der Waals surface area (Å²) in [6.07, 6.45) is 1.26. The van der Waals surface area contributed by atoms with Crippen LogP contribution in [0.4, 0.5) is 15.8 Å². The average Bonchev–Trinajstić information content (AvgIpc) is 2.55. The van der Waals surface area contributed by atoms with Gasteiger partial charge in [0.15, 0.2) is 0 Å². The summed E-state index contributed by atoms with van der Waals surface area (Å²) in [7, 11) is 0. The van der Waals surface area contributed by atoms with Gasteiger partial charge in [0.1, 0.15) is 17.5 Å². The van der Waals surface area contributed by atoms with Crippen LogP contribution in [0, 0.1) is 34.2 Å². The molecule has 0 saturated carbocycles. The van der Waals surface area contributed by atoms with Crippen LogP contribution in [0.25, 0.3) is 6.08 Å². The van der Waals surface area contributed by atoms with E-state index >= 15 is 0 Å². The van der Waals surface area contributed by atoms with Crippen LogP contribution in [0.3, 0.4) is 0 Å². The van der Waals surface area contributed by atoms with E-state index in [2.05, 4.69) is 5.32 Å². The van der Waals surface area contributed by atoms with E-state index in [0.29, 0.717) is 16.8 Å². The first-order valence-electron chi connectivity index (χ1n) is 6.84. The van der Waals surface area contributed by atoms with Crippen molar-refractivity contribution in [1.82, 2.24) is 0 Å². The standard InChI is InChI=1S/C17H12FN3O3/c1-11-2-3-12(9-16(11)21(23)24)8-13(10-19)17(22)20-15-6-4-14(18)5-7-15/h2-9H,1H3,(H,20,22)/b13-8+. The molecule has 24 heavy (non-hydrogen) atoms. The fourth-order valence-corrected chi connectivity index (χ4v) is 1.96. The van der Waals surface area contributed by atoms with E-state index in [0.717, 1.165) is 0 Å². The predicted molar refractivity (Wildman–Crippen MR) is 86.5 cm³/mol. The second-order valence-electron chi connectivity index (χ2n) is 4.93. The zero-order valence-corrected chi connectivity index (χ0v) is 12.6. The summed E-state index contributed by atoms with van der Waals surface area (Å²) >= 11 is 0. The van der Waals surface area contributed by atoms with E-state index in [1.165, 1.54) is 42.5 Å². The molecule has 0 aliphatic rings. The molecule has 2 rings (SSSR count). The second-order valence-corrected chi connectivity index (χ2v) is 4.93. The number of amides is 1. The summed E-state index contributed by atoms with van der Waals surface area (Å²) in [6, 6.07) is 11.2.